The van der Waals surface area contributed by atoms with Crippen molar-refractivity contribution in [3.8, 4) is 0 Å². The first-order valence-corrected chi connectivity index (χ1v) is 5.54. The van der Waals surface area contributed by atoms with Crippen molar-refractivity contribution in [2.24, 2.45) is 0 Å². The van der Waals surface area contributed by atoms with Gasteiger partial charge in [-0.2, -0.15) is 0 Å². The monoisotopic (exact) mass is 222 g/mol. The summed E-state index contributed by atoms with van der Waals surface area (Å²) in [6.07, 6.45) is 7.20. The van der Waals surface area contributed by atoms with Crippen molar-refractivity contribution in [2.75, 3.05) is 0 Å². The standard InChI is InChI=1S/C16H14O/c1-3-7-15(8-4-1)11-13-17-14-12-16-9-5-2-6-10-16/h1-14H/b13-11-,14-12-. The van der Waals surface area contributed by atoms with Crippen LogP contribution in [-0.4, -0.2) is 0 Å². The third kappa shape index (κ3) is 3.99. The van der Waals surface area contributed by atoms with Gasteiger partial charge in [-0.1, -0.05) is 60.7 Å². The highest BCUT2D eigenvalue weighted by molar-refractivity contribution is 5.49. The maximum absolute atomic E-state index is 5.28. The molecule has 17 heavy (non-hydrogen) atoms. The minimum absolute atomic E-state index is 1.13. The molecule has 2 rings (SSSR count). The van der Waals surface area contributed by atoms with Crippen LogP contribution in [0.15, 0.2) is 73.2 Å². The fourth-order valence-corrected chi connectivity index (χ4v) is 1.41. The van der Waals surface area contributed by atoms with E-state index >= 15 is 0 Å². The van der Waals surface area contributed by atoms with Crippen LogP contribution in [0.5, 0.6) is 0 Å². The van der Waals surface area contributed by atoms with Crippen molar-refractivity contribution in [3.05, 3.63) is 84.3 Å². The van der Waals surface area contributed by atoms with Gasteiger partial charge < -0.3 is 4.74 Å². The van der Waals surface area contributed by atoms with Gasteiger partial charge >= 0.3 is 0 Å². The number of hydrogen-bond acceptors (Lipinski definition) is 1. The van der Waals surface area contributed by atoms with Crippen LogP contribution in [0.25, 0.3) is 12.2 Å². The molecule has 0 saturated carbocycles. The average molecular weight is 222 g/mol. The molecule has 0 aliphatic rings. The molecule has 2 aromatic rings. The van der Waals surface area contributed by atoms with Gasteiger partial charge in [-0.25, -0.2) is 0 Å². The fourth-order valence-electron chi connectivity index (χ4n) is 1.41. The lowest BCUT2D eigenvalue weighted by Gasteiger charge is -1.93. The lowest BCUT2D eigenvalue weighted by Crippen LogP contribution is -1.71. The highest BCUT2D eigenvalue weighted by Gasteiger charge is 1.83. The zero-order chi connectivity index (χ0) is 11.8. The van der Waals surface area contributed by atoms with E-state index < -0.39 is 0 Å². The Morgan fingerprint density at radius 1 is 0.588 bits per heavy atom. The quantitative estimate of drug-likeness (QED) is 0.699. The number of rotatable bonds is 4. The second kappa shape index (κ2) is 6.33. The zero-order valence-electron chi connectivity index (χ0n) is 9.49. The molecule has 1 heteroatoms. The zero-order valence-corrected chi connectivity index (χ0v) is 9.49. The van der Waals surface area contributed by atoms with Gasteiger partial charge in [-0.3, -0.25) is 0 Å². The van der Waals surface area contributed by atoms with Gasteiger partial charge in [0.15, 0.2) is 0 Å². The third-order valence-corrected chi connectivity index (χ3v) is 2.28. The van der Waals surface area contributed by atoms with Crippen molar-refractivity contribution in [1.82, 2.24) is 0 Å². The van der Waals surface area contributed by atoms with E-state index in [1.165, 1.54) is 0 Å². The van der Waals surface area contributed by atoms with Crippen LogP contribution in [0.2, 0.25) is 0 Å². The summed E-state index contributed by atoms with van der Waals surface area (Å²) in [4.78, 5) is 0. The van der Waals surface area contributed by atoms with E-state index in [-0.39, 0.29) is 0 Å². The lowest BCUT2D eigenvalue weighted by atomic mass is 10.2. The van der Waals surface area contributed by atoms with Crippen LogP contribution in [0.4, 0.5) is 0 Å². The lowest BCUT2D eigenvalue weighted by molar-refractivity contribution is 0.410. The van der Waals surface area contributed by atoms with E-state index in [9.17, 15) is 0 Å². The van der Waals surface area contributed by atoms with Gasteiger partial charge in [-0.15, -0.1) is 0 Å². The summed E-state index contributed by atoms with van der Waals surface area (Å²) in [5.74, 6) is 0. The van der Waals surface area contributed by atoms with Gasteiger partial charge in [-0.05, 0) is 23.3 Å². The molecule has 0 bridgehead atoms. The number of hydrogen-bond donors (Lipinski definition) is 0. The second-order valence-corrected chi connectivity index (χ2v) is 3.56. The Hall–Kier alpha value is -2.28. The third-order valence-electron chi connectivity index (χ3n) is 2.28. The average Bonchev–Trinajstić information content (AvgIpc) is 2.41. The summed E-state index contributed by atoms with van der Waals surface area (Å²) in [6.45, 7) is 0. The van der Waals surface area contributed by atoms with Crippen molar-refractivity contribution in [1.29, 1.82) is 0 Å². The van der Waals surface area contributed by atoms with Gasteiger partial charge in [0.25, 0.3) is 0 Å². The first-order chi connectivity index (χ1) is 8.45. The molecular weight excluding hydrogens is 208 g/mol. The molecule has 0 atom stereocenters. The molecule has 0 aliphatic heterocycles. The van der Waals surface area contributed by atoms with E-state index in [1.807, 2.05) is 72.8 Å². The summed E-state index contributed by atoms with van der Waals surface area (Å²) in [5, 5.41) is 0. The maximum atomic E-state index is 5.28. The molecular formula is C16H14O. The van der Waals surface area contributed by atoms with Crippen LogP contribution >= 0.6 is 0 Å². The molecule has 0 aliphatic carbocycles. The summed E-state index contributed by atoms with van der Waals surface area (Å²) >= 11 is 0. The minimum atomic E-state index is 1.13. The number of ether oxygens (including phenoxy) is 1. The Morgan fingerprint density at radius 3 is 1.41 bits per heavy atom. The topological polar surface area (TPSA) is 9.23 Å². The van der Waals surface area contributed by atoms with E-state index in [0.29, 0.717) is 0 Å². The summed E-state index contributed by atoms with van der Waals surface area (Å²) in [6, 6.07) is 20.1. The molecule has 2 aromatic carbocycles. The molecule has 0 amide bonds. The molecule has 1 nitrogen and oxygen atoms in total. The van der Waals surface area contributed by atoms with E-state index in [4.69, 9.17) is 4.74 Å². The first kappa shape index (κ1) is 11.2. The predicted molar refractivity (Wildman–Crippen MR) is 72.0 cm³/mol. The van der Waals surface area contributed by atoms with E-state index in [0.717, 1.165) is 11.1 Å². The Kier molecular flexibility index (Phi) is 4.18. The SMILES string of the molecule is C(=C/c1ccccc1)/O/C=C\c1ccccc1. The van der Waals surface area contributed by atoms with Crippen LogP contribution in [0, 0.1) is 0 Å². The molecule has 0 fully saturated rings. The van der Waals surface area contributed by atoms with Crippen LogP contribution in [0.1, 0.15) is 11.1 Å². The minimum Gasteiger partial charge on any atom is -0.473 e. The molecule has 0 heterocycles. The van der Waals surface area contributed by atoms with E-state index in [2.05, 4.69) is 0 Å². The molecule has 84 valence electrons. The molecule has 0 aromatic heterocycles. The summed E-state index contributed by atoms with van der Waals surface area (Å²) in [7, 11) is 0. The summed E-state index contributed by atoms with van der Waals surface area (Å²) < 4.78 is 5.28. The highest BCUT2D eigenvalue weighted by Crippen LogP contribution is 2.03. The smallest absolute Gasteiger partial charge is 0.0907 e. The summed E-state index contributed by atoms with van der Waals surface area (Å²) in [5.41, 5.74) is 2.25. The van der Waals surface area contributed by atoms with Gasteiger partial charge in [0.2, 0.25) is 0 Å². The Bertz CT molecular complexity index is 436. The Labute approximate surface area is 102 Å². The van der Waals surface area contributed by atoms with Crippen LogP contribution in [0.3, 0.4) is 0 Å². The van der Waals surface area contributed by atoms with Gasteiger partial charge in [0.1, 0.15) is 0 Å². The van der Waals surface area contributed by atoms with Crippen molar-refractivity contribution in [2.45, 2.75) is 0 Å². The first-order valence-electron chi connectivity index (χ1n) is 5.54. The van der Waals surface area contributed by atoms with Crippen LogP contribution < -0.4 is 0 Å². The highest BCUT2D eigenvalue weighted by atomic mass is 16.5. The van der Waals surface area contributed by atoms with Crippen LogP contribution in [-0.2, 0) is 4.74 Å². The Balaban J connectivity index is 1.84. The fraction of sp³-hybridized carbons (Fsp3) is 0. The molecule has 0 N–H and O–H groups in total. The normalized spacial score (nSPS) is 11.1. The van der Waals surface area contributed by atoms with Crippen molar-refractivity contribution < 1.29 is 4.74 Å². The van der Waals surface area contributed by atoms with E-state index in [1.54, 1.807) is 12.5 Å². The maximum Gasteiger partial charge on any atom is 0.0907 e. The number of benzene rings is 2. The Morgan fingerprint density at radius 2 is 1.00 bits per heavy atom. The molecule has 0 saturated heterocycles. The molecule has 0 radical (unpaired) electrons. The molecule has 0 unspecified atom stereocenters. The predicted octanol–water partition coefficient (Wildman–Crippen LogP) is 4.34. The molecule has 0 spiro atoms. The largest absolute Gasteiger partial charge is 0.473 e. The van der Waals surface area contributed by atoms with Gasteiger partial charge in [0.05, 0.1) is 12.5 Å². The second-order valence-electron chi connectivity index (χ2n) is 3.56. The van der Waals surface area contributed by atoms with Gasteiger partial charge in [0, 0.05) is 0 Å². The van der Waals surface area contributed by atoms with Crippen molar-refractivity contribution in [3.63, 3.8) is 0 Å². The van der Waals surface area contributed by atoms with Crippen molar-refractivity contribution >= 4 is 12.2 Å².